The van der Waals surface area contributed by atoms with E-state index in [1.165, 1.54) is 4.31 Å². The second-order valence-corrected chi connectivity index (χ2v) is 7.81. The summed E-state index contributed by atoms with van der Waals surface area (Å²) < 4.78 is 52.7. The highest BCUT2D eigenvalue weighted by Crippen LogP contribution is 2.03. The van der Waals surface area contributed by atoms with Crippen LogP contribution in [0.1, 0.15) is 0 Å². The van der Waals surface area contributed by atoms with Crippen LogP contribution in [0.5, 0.6) is 0 Å². The summed E-state index contributed by atoms with van der Waals surface area (Å²) in [5, 5.41) is 0. The summed E-state index contributed by atoms with van der Waals surface area (Å²) in [4.78, 5) is 0. The van der Waals surface area contributed by atoms with Crippen molar-refractivity contribution >= 4 is 29.9 Å². The number of morpholine rings is 1. The summed E-state index contributed by atoms with van der Waals surface area (Å²) in [5.41, 5.74) is 0. The van der Waals surface area contributed by atoms with Crippen molar-refractivity contribution in [1.82, 2.24) is 9.03 Å². The SMILES string of the molecule is O=S(=O)(Cl)CCNS(=O)(=O)N1CCOCC1. The number of ether oxygens (including phenoxy) is 1. The van der Waals surface area contributed by atoms with Crippen LogP contribution in [0.15, 0.2) is 0 Å². The zero-order valence-electron chi connectivity index (χ0n) is 8.43. The molecule has 1 heterocycles. The van der Waals surface area contributed by atoms with Crippen molar-refractivity contribution in [3.05, 3.63) is 0 Å². The highest BCUT2D eigenvalue weighted by molar-refractivity contribution is 8.13. The van der Waals surface area contributed by atoms with Gasteiger partial charge < -0.3 is 4.74 Å². The predicted molar refractivity (Wildman–Crippen MR) is 59.0 cm³/mol. The lowest BCUT2D eigenvalue weighted by Crippen LogP contribution is -2.47. The van der Waals surface area contributed by atoms with Gasteiger partial charge in [0.15, 0.2) is 0 Å². The Hall–Kier alpha value is 0.0700. The maximum Gasteiger partial charge on any atom is 0.279 e. The van der Waals surface area contributed by atoms with Crippen LogP contribution in [0.25, 0.3) is 0 Å². The number of rotatable bonds is 5. The molecule has 0 amide bonds. The normalized spacial score (nSPS) is 19.8. The first-order chi connectivity index (χ1) is 7.31. The van der Waals surface area contributed by atoms with E-state index in [1.54, 1.807) is 0 Å². The molecule has 0 radical (unpaired) electrons. The van der Waals surface area contributed by atoms with Gasteiger partial charge in [-0.3, -0.25) is 0 Å². The Balaban J connectivity index is 2.45. The van der Waals surface area contributed by atoms with Gasteiger partial charge in [0, 0.05) is 30.3 Å². The average Bonchev–Trinajstić information content (AvgIpc) is 2.17. The van der Waals surface area contributed by atoms with Gasteiger partial charge in [0.05, 0.1) is 19.0 Å². The Labute approximate surface area is 99.3 Å². The van der Waals surface area contributed by atoms with Crippen molar-refractivity contribution in [3.8, 4) is 0 Å². The molecule has 1 fully saturated rings. The Kier molecular flexibility index (Phi) is 4.95. The Morgan fingerprint density at radius 3 is 2.25 bits per heavy atom. The van der Waals surface area contributed by atoms with Gasteiger partial charge in [-0.25, -0.2) is 13.1 Å². The highest BCUT2D eigenvalue weighted by atomic mass is 35.7. The zero-order chi connectivity index (χ0) is 12.2. The smallest absolute Gasteiger partial charge is 0.279 e. The van der Waals surface area contributed by atoms with Crippen molar-refractivity contribution in [2.75, 3.05) is 38.6 Å². The number of hydrogen-bond acceptors (Lipinski definition) is 5. The van der Waals surface area contributed by atoms with Crippen LogP contribution < -0.4 is 4.72 Å². The molecule has 16 heavy (non-hydrogen) atoms. The fraction of sp³-hybridized carbons (Fsp3) is 1.00. The van der Waals surface area contributed by atoms with Crippen LogP contribution in [0.2, 0.25) is 0 Å². The van der Waals surface area contributed by atoms with Gasteiger partial charge >= 0.3 is 0 Å². The third-order valence-electron chi connectivity index (χ3n) is 1.94. The quantitative estimate of drug-likeness (QED) is 0.637. The van der Waals surface area contributed by atoms with E-state index < -0.39 is 25.0 Å². The maximum absolute atomic E-state index is 11.6. The molecule has 0 spiro atoms. The van der Waals surface area contributed by atoms with Crippen molar-refractivity contribution in [3.63, 3.8) is 0 Å². The van der Waals surface area contributed by atoms with E-state index in [-0.39, 0.29) is 19.6 Å². The second-order valence-electron chi connectivity index (χ2n) is 3.15. The van der Waals surface area contributed by atoms with E-state index in [9.17, 15) is 16.8 Å². The summed E-state index contributed by atoms with van der Waals surface area (Å²) in [7, 11) is -2.35. The minimum atomic E-state index is -3.68. The summed E-state index contributed by atoms with van der Waals surface area (Å²) >= 11 is 0. The zero-order valence-corrected chi connectivity index (χ0v) is 10.8. The molecule has 0 aliphatic carbocycles. The Morgan fingerprint density at radius 1 is 1.19 bits per heavy atom. The molecule has 0 atom stereocenters. The molecule has 0 aromatic heterocycles. The molecular weight excluding hydrogens is 280 g/mol. The van der Waals surface area contributed by atoms with E-state index in [0.717, 1.165) is 0 Å². The number of nitrogens with zero attached hydrogens (tertiary/aromatic N) is 1. The lowest BCUT2D eigenvalue weighted by atomic mass is 10.5. The summed E-state index contributed by atoms with van der Waals surface area (Å²) in [6.07, 6.45) is 0. The standard InChI is InChI=1S/C6H13ClN2O5S2/c7-15(10,11)6-1-8-16(12,13)9-2-4-14-5-3-9/h8H,1-6H2. The molecule has 0 saturated carbocycles. The molecule has 10 heteroatoms. The number of hydrogen-bond donors (Lipinski definition) is 1. The second kappa shape index (κ2) is 5.61. The predicted octanol–water partition coefficient (Wildman–Crippen LogP) is -1.28. The van der Waals surface area contributed by atoms with Gasteiger partial charge in [-0.15, -0.1) is 0 Å². The van der Waals surface area contributed by atoms with E-state index in [4.69, 9.17) is 15.4 Å². The minimum absolute atomic E-state index is 0.231. The van der Waals surface area contributed by atoms with Gasteiger partial charge in [0.25, 0.3) is 10.2 Å². The maximum atomic E-state index is 11.6. The van der Waals surface area contributed by atoms with Crippen molar-refractivity contribution in [2.24, 2.45) is 0 Å². The van der Waals surface area contributed by atoms with Gasteiger partial charge in [-0.05, 0) is 0 Å². The van der Waals surface area contributed by atoms with E-state index in [0.29, 0.717) is 13.2 Å². The Bertz CT molecular complexity index is 414. The third-order valence-corrected chi connectivity index (χ3v) is 4.71. The summed E-state index contributed by atoms with van der Waals surface area (Å²) in [6, 6.07) is 0. The highest BCUT2D eigenvalue weighted by Gasteiger charge is 2.23. The van der Waals surface area contributed by atoms with Crippen LogP contribution >= 0.6 is 10.7 Å². The summed E-state index contributed by atoms with van der Waals surface area (Å²) in [6.45, 7) is 0.987. The van der Waals surface area contributed by atoms with Crippen molar-refractivity contribution in [2.45, 2.75) is 0 Å². The monoisotopic (exact) mass is 292 g/mol. The van der Waals surface area contributed by atoms with E-state index in [1.807, 2.05) is 0 Å². The first-order valence-electron chi connectivity index (χ1n) is 4.56. The topological polar surface area (TPSA) is 92.8 Å². The fourth-order valence-electron chi connectivity index (χ4n) is 1.17. The third kappa shape index (κ3) is 4.93. The molecule has 1 aliphatic heterocycles. The van der Waals surface area contributed by atoms with Crippen molar-refractivity contribution < 1.29 is 21.6 Å². The minimum Gasteiger partial charge on any atom is -0.379 e. The molecule has 7 nitrogen and oxygen atoms in total. The molecule has 1 saturated heterocycles. The number of nitrogens with one attached hydrogen (secondary N) is 1. The molecule has 0 aromatic carbocycles. The van der Waals surface area contributed by atoms with Gasteiger partial charge in [0.2, 0.25) is 9.05 Å². The molecule has 0 bridgehead atoms. The molecule has 1 aliphatic rings. The van der Waals surface area contributed by atoms with Crippen LogP contribution in [0.3, 0.4) is 0 Å². The van der Waals surface area contributed by atoms with Crippen LogP contribution in [-0.4, -0.2) is 59.7 Å². The van der Waals surface area contributed by atoms with Crippen LogP contribution in [0.4, 0.5) is 0 Å². The molecule has 0 unspecified atom stereocenters. The molecular formula is C6H13ClN2O5S2. The first-order valence-corrected chi connectivity index (χ1v) is 8.48. The van der Waals surface area contributed by atoms with Crippen LogP contribution in [0, 0.1) is 0 Å². The van der Waals surface area contributed by atoms with Crippen molar-refractivity contribution in [1.29, 1.82) is 0 Å². The largest absolute Gasteiger partial charge is 0.379 e. The lowest BCUT2D eigenvalue weighted by Gasteiger charge is -2.25. The van der Waals surface area contributed by atoms with E-state index in [2.05, 4.69) is 4.72 Å². The van der Waals surface area contributed by atoms with Crippen LogP contribution in [-0.2, 0) is 24.0 Å². The molecule has 96 valence electrons. The van der Waals surface area contributed by atoms with Gasteiger partial charge in [-0.1, -0.05) is 0 Å². The van der Waals surface area contributed by atoms with E-state index >= 15 is 0 Å². The first kappa shape index (κ1) is 14.1. The molecule has 1 rings (SSSR count). The van der Waals surface area contributed by atoms with Gasteiger partial charge in [0.1, 0.15) is 0 Å². The number of halogens is 1. The summed E-state index contributed by atoms with van der Waals surface area (Å²) in [5.74, 6) is -0.432. The Morgan fingerprint density at radius 2 is 1.75 bits per heavy atom. The van der Waals surface area contributed by atoms with Gasteiger partial charge in [-0.2, -0.15) is 12.7 Å². The lowest BCUT2D eigenvalue weighted by molar-refractivity contribution is 0.0725. The molecule has 0 aromatic rings. The fourth-order valence-corrected chi connectivity index (χ4v) is 3.05. The average molecular weight is 293 g/mol. The molecule has 1 N–H and O–H groups in total.